The highest BCUT2D eigenvalue weighted by Crippen LogP contribution is 2.17. The summed E-state index contributed by atoms with van der Waals surface area (Å²) in [6.07, 6.45) is 0.941. The number of nitrogens with zero attached hydrogens (tertiary/aromatic N) is 2. The molecule has 0 radical (unpaired) electrons. The maximum Gasteiger partial charge on any atom is 0.271 e. The minimum Gasteiger partial charge on any atom is -0.351 e. The number of carbonyl (C=O) groups excluding carboxylic acids is 1. The fourth-order valence-electron chi connectivity index (χ4n) is 1.41. The van der Waals surface area contributed by atoms with Crippen LogP contribution in [-0.2, 0) is 0 Å². The first-order valence-corrected chi connectivity index (χ1v) is 6.41. The third-order valence-electron chi connectivity index (χ3n) is 2.67. The van der Waals surface area contributed by atoms with Crippen LogP contribution in [0.15, 0.2) is 12.1 Å². The first-order valence-electron chi connectivity index (χ1n) is 6.41. The molecule has 18 heavy (non-hydrogen) atoms. The fourth-order valence-corrected chi connectivity index (χ4v) is 1.41. The maximum absolute atomic E-state index is 11.8. The lowest BCUT2D eigenvalue weighted by molar-refractivity contribution is 0.0943. The Morgan fingerprint density at radius 1 is 1.28 bits per heavy atom. The van der Waals surface area contributed by atoms with Crippen LogP contribution >= 0.6 is 0 Å². The van der Waals surface area contributed by atoms with Gasteiger partial charge in [-0.1, -0.05) is 34.6 Å². The van der Waals surface area contributed by atoms with Gasteiger partial charge in [-0.05, 0) is 29.9 Å². The van der Waals surface area contributed by atoms with Crippen molar-refractivity contribution in [1.82, 2.24) is 15.5 Å². The second-order valence-electron chi connectivity index (χ2n) is 6.06. The van der Waals surface area contributed by atoms with Gasteiger partial charge >= 0.3 is 0 Å². The predicted octanol–water partition coefficient (Wildman–Crippen LogP) is 2.77. The van der Waals surface area contributed by atoms with E-state index in [0.717, 1.165) is 12.1 Å². The van der Waals surface area contributed by atoms with Crippen molar-refractivity contribution in [2.24, 2.45) is 5.41 Å². The predicted molar refractivity (Wildman–Crippen MR) is 72.5 cm³/mol. The number of amides is 1. The van der Waals surface area contributed by atoms with Gasteiger partial charge in [-0.2, -0.15) is 5.10 Å². The molecule has 4 nitrogen and oxygen atoms in total. The van der Waals surface area contributed by atoms with Crippen LogP contribution in [0.1, 0.15) is 63.1 Å². The van der Waals surface area contributed by atoms with E-state index in [-0.39, 0.29) is 11.3 Å². The zero-order chi connectivity index (χ0) is 13.8. The smallest absolute Gasteiger partial charge is 0.271 e. The molecule has 0 saturated heterocycles. The number of nitrogens with one attached hydrogen (secondary N) is 1. The minimum absolute atomic E-state index is 0.151. The third kappa shape index (κ3) is 4.82. The van der Waals surface area contributed by atoms with Crippen LogP contribution < -0.4 is 5.32 Å². The Hall–Kier alpha value is -1.45. The lowest BCUT2D eigenvalue weighted by Gasteiger charge is -2.17. The first-order chi connectivity index (χ1) is 8.29. The van der Waals surface area contributed by atoms with Crippen molar-refractivity contribution >= 4 is 5.91 Å². The SMILES string of the molecule is CC(C)c1ccc(C(=O)NCCC(C)(C)C)nn1. The second-order valence-corrected chi connectivity index (χ2v) is 6.06. The molecule has 1 heterocycles. The van der Waals surface area contributed by atoms with Gasteiger partial charge in [0.2, 0.25) is 0 Å². The van der Waals surface area contributed by atoms with Crippen LogP contribution in [0.2, 0.25) is 0 Å². The van der Waals surface area contributed by atoms with Gasteiger partial charge in [0.15, 0.2) is 5.69 Å². The van der Waals surface area contributed by atoms with E-state index >= 15 is 0 Å². The largest absolute Gasteiger partial charge is 0.351 e. The molecule has 1 amide bonds. The highest BCUT2D eigenvalue weighted by Gasteiger charge is 2.12. The Labute approximate surface area is 109 Å². The quantitative estimate of drug-likeness (QED) is 0.892. The summed E-state index contributed by atoms with van der Waals surface area (Å²) in [6.45, 7) is 11.2. The average molecular weight is 249 g/mol. The van der Waals surface area contributed by atoms with E-state index in [1.165, 1.54) is 0 Å². The molecule has 0 aliphatic heterocycles. The number of hydrogen-bond acceptors (Lipinski definition) is 3. The zero-order valence-corrected chi connectivity index (χ0v) is 11.9. The Morgan fingerprint density at radius 3 is 2.39 bits per heavy atom. The van der Waals surface area contributed by atoms with Gasteiger partial charge in [-0.3, -0.25) is 4.79 Å². The molecule has 0 bridgehead atoms. The third-order valence-corrected chi connectivity index (χ3v) is 2.67. The van der Waals surface area contributed by atoms with E-state index in [0.29, 0.717) is 18.2 Å². The summed E-state index contributed by atoms with van der Waals surface area (Å²) in [5.41, 5.74) is 1.51. The first kappa shape index (κ1) is 14.6. The van der Waals surface area contributed by atoms with Gasteiger partial charge in [-0.15, -0.1) is 5.10 Å². The molecule has 1 rings (SSSR count). The molecule has 0 aromatic carbocycles. The van der Waals surface area contributed by atoms with E-state index in [2.05, 4.69) is 36.3 Å². The van der Waals surface area contributed by atoms with E-state index < -0.39 is 0 Å². The number of rotatable bonds is 4. The van der Waals surface area contributed by atoms with Crippen molar-refractivity contribution in [1.29, 1.82) is 0 Å². The number of aromatic nitrogens is 2. The summed E-state index contributed by atoms with van der Waals surface area (Å²) < 4.78 is 0. The standard InChI is InChI=1S/C14H23N3O/c1-10(2)11-6-7-12(17-16-11)13(18)15-9-8-14(3,4)5/h6-7,10H,8-9H2,1-5H3,(H,15,18). The summed E-state index contributed by atoms with van der Waals surface area (Å²) in [5.74, 6) is 0.178. The molecule has 0 saturated carbocycles. The Balaban J connectivity index is 2.52. The summed E-state index contributed by atoms with van der Waals surface area (Å²) in [6, 6.07) is 3.59. The Bertz CT molecular complexity index is 390. The highest BCUT2D eigenvalue weighted by molar-refractivity contribution is 5.91. The van der Waals surface area contributed by atoms with Crippen molar-refractivity contribution in [3.63, 3.8) is 0 Å². The molecule has 0 atom stereocenters. The number of hydrogen-bond donors (Lipinski definition) is 1. The zero-order valence-electron chi connectivity index (χ0n) is 11.9. The van der Waals surface area contributed by atoms with E-state index in [9.17, 15) is 4.79 Å². The van der Waals surface area contributed by atoms with Gasteiger partial charge in [0.05, 0.1) is 5.69 Å². The van der Waals surface area contributed by atoms with Crippen LogP contribution in [-0.4, -0.2) is 22.6 Å². The molecule has 0 aliphatic rings. The van der Waals surface area contributed by atoms with Crippen molar-refractivity contribution < 1.29 is 4.79 Å². The molecular formula is C14H23N3O. The number of carbonyl (C=O) groups is 1. The molecule has 0 spiro atoms. The van der Waals surface area contributed by atoms with E-state index in [4.69, 9.17) is 0 Å². The summed E-state index contributed by atoms with van der Waals surface area (Å²) >= 11 is 0. The molecule has 1 aromatic rings. The minimum atomic E-state index is -0.151. The fraction of sp³-hybridized carbons (Fsp3) is 0.643. The second kappa shape index (κ2) is 5.94. The summed E-state index contributed by atoms with van der Waals surface area (Å²) in [4.78, 5) is 11.8. The Kier molecular flexibility index (Phi) is 4.82. The van der Waals surface area contributed by atoms with Crippen molar-refractivity contribution in [2.45, 2.75) is 47.0 Å². The van der Waals surface area contributed by atoms with Crippen molar-refractivity contribution in [3.8, 4) is 0 Å². The van der Waals surface area contributed by atoms with E-state index in [1.54, 1.807) is 6.07 Å². The summed E-state index contributed by atoms with van der Waals surface area (Å²) in [5, 5.41) is 10.9. The lowest BCUT2D eigenvalue weighted by atomic mass is 9.92. The normalized spacial score (nSPS) is 11.7. The molecule has 1 aromatic heterocycles. The molecule has 0 unspecified atom stereocenters. The maximum atomic E-state index is 11.8. The summed E-state index contributed by atoms with van der Waals surface area (Å²) in [7, 11) is 0. The Morgan fingerprint density at radius 2 is 1.94 bits per heavy atom. The molecule has 0 aliphatic carbocycles. The van der Waals surface area contributed by atoms with Gasteiger partial charge in [0.1, 0.15) is 0 Å². The van der Waals surface area contributed by atoms with Crippen LogP contribution in [0.4, 0.5) is 0 Å². The molecule has 4 heteroatoms. The molecule has 1 N–H and O–H groups in total. The van der Waals surface area contributed by atoms with Gasteiger partial charge in [0.25, 0.3) is 5.91 Å². The highest BCUT2D eigenvalue weighted by atomic mass is 16.1. The van der Waals surface area contributed by atoms with E-state index in [1.807, 2.05) is 19.9 Å². The van der Waals surface area contributed by atoms with Gasteiger partial charge < -0.3 is 5.32 Å². The van der Waals surface area contributed by atoms with Crippen LogP contribution in [0.5, 0.6) is 0 Å². The van der Waals surface area contributed by atoms with Crippen molar-refractivity contribution in [3.05, 3.63) is 23.5 Å². The molecule has 100 valence electrons. The topological polar surface area (TPSA) is 54.9 Å². The van der Waals surface area contributed by atoms with Gasteiger partial charge in [-0.25, -0.2) is 0 Å². The van der Waals surface area contributed by atoms with Crippen LogP contribution in [0.25, 0.3) is 0 Å². The van der Waals surface area contributed by atoms with Crippen molar-refractivity contribution in [2.75, 3.05) is 6.54 Å². The molecular weight excluding hydrogens is 226 g/mol. The van der Waals surface area contributed by atoms with Crippen LogP contribution in [0, 0.1) is 5.41 Å². The average Bonchev–Trinajstić information content (AvgIpc) is 2.27. The van der Waals surface area contributed by atoms with Crippen LogP contribution in [0.3, 0.4) is 0 Å². The monoisotopic (exact) mass is 249 g/mol. The lowest BCUT2D eigenvalue weighted by Crippen LogP contribution is -2.28. The molecule has 0 fully saturated rings. The van der Waals surface area contributed by atoms with Gasteiger partial charge in [0, 0.05) is 6.54 Å².